The molecule has 2 heterocycles. The minimum absolute atomic E-state index is 0.190. The van der Waals surface area contributed by atoms with E-state index in [2.05, 4.69) is 4.98 Å². The first kappa shape index (κ1) is 12.0. The van der Waals surface area contributed by atoms with Crippen LogP contribution in [0.3, 0.4) is 0 Å². The van der Waals surface area contributed by atoms with Gasteiger partial charge in [0.2, 0.25) is 5.91 Å². The van der Waals surface area contributed by atoms with E-state index in [-0.39, 0.29) is 5.91 Å². The van der Waals surface area contributed by atoms with Crippen LogP contribution in [0.5, 0.6) is 0 Å². The van der Waals surface area contributed by atoms with Crippen LogP contribution in [0.15, 0.2) is 49.1 Å². The van der Waals surface area contributed by atoms with Crippen molar-refractivity contribution in [3.05, 3.63) is 54.6 Å². The van der Waals surface area contributed by atoms with Crippen LogP contribution in [-0.4, -0.2) is 26.4 Å². The number of carbonyl (C=O) groups is 1. The largest absolute Gasteiger partial charge is 0.345 e. The van der Waals surface area contributed by atoms with E-state index in [1.807, 2.05) is 46.1 Å². The van der Waals surface area contributed by atoms with Crippen molar-refractivity contribution in [1.29, 1.82) is 0 Å². The predicted molar refractivity (Wildman–Crippen MR) is 72.2 cm³/mol. The van der Waals surface area contributed by atoms with Gasteiger partial charge in [-0.05, 0) is 42.7 Å². The van der Waals surface area contributed by atoms with Crippen LogP contribution in [0.25, 0.3) is 0 Å². The summed E-state index contributed by atoms with van der Waals surface area (Å²) < 4.78 is 1.92. The summed E-state index contributed by atoms with van der Waals surface area (Å²) in [6, 6.07) is 8.25. The standard InChI is InChI=1S/C15H17N3O/c19-15(12-17-9-1-2-10-17)18(14-3-4-14)11-13-5-7-16-8-6-13/h1-2,5-10,14H,3-4,11-12H2. The molecule has 19 heavy (non-hydrogen) atoms. The van der Waals surface area contributed by atoms with E-state index in [1.165, 1.54) is 0 Å². The van der Waals surface area contributed by atoms with Crippen molar-refractivity contribution < 1.29 is 4.79 Å². The average Bonchev–Trinajstić information content (AvgIpc) is 3.15. The maximum atomic E-state index is 12.4. The van der Waals surface area contributed by atoms with Gasteiger partial charge in [-0.15, -0.1) is 0 Å². The predicted octanol–water partition coefficient (Wildman–Crippen LogP) is 2.07. The first-order valence-corrected chi connectivity index (χ1v) is 6.62. The van der Waals surface area contributed by atoms with Crippen molar-refractivity contribution in [2.24, 2.45) is 0 Å². The number of hydrogen-bond acceptors (Lipinski definition) is 2. The van der Waals surface area contributed by atoms with Gasteiger partial charge in [0.1, 0.15) is 6.54 Å². The Bertz CT molecular complexity index is 532. The summed E-state index contributed by atoms with van der Waals surface area (Å²) in [5, 5.41) is 0. The summed E-state index contributed by atoms with van der Waals surface area (Å²) in [5.74, 6) is 0.190. The Kier molecular flexibility index (Phi) is 3.31. The highest BCUT2D eigenvalue weighted by Crippen LogP contribution is 2.28. The Labute approximate surface area is 112 Å². The second-order valence-corrected chi connectivity index (χ2v) is 4.96. The molecule has 0 unspecified atom stereocenters. The molecule has 3 rings (SSSR count). The first-order chi connectivity index (χ1) is 9.33. The van der Waals surface area contributed by atoms with Crippen LogP contribution in [0, 0.1) is 0 Å². The van der Waals surface area contributed by atoms with Gasteiger partial charge in [-0.3, -0.25) is 9.78 Å². The molecule has 2 aromatic rings. The number of nitrogens with zero attached hydrogens (tertiary/aromatic N) is 3. The topological polar surface area (TPSA) is 38.1 Å². The SMILES string of the molecule is O=C(Cn1cccc1)N(Cc1ccncc1)C1CC1. The van der Waals surface area contributed by atoms with Crippen LogP contribution in [-0.2, 0) is 17.9 Å². The molecule has 1 aliphatic rings. The zero-order valence-electron chi connectivity index (χ0n) is 10.8. The Balaban J connectivity index is 1.69. The molecule has 1 fully saturated rings. The van der Waals surface area contributed by atoms with Gasteiger partial charge in [0.15, 0.2) is 0 Å². The van der Waals surface area contributed by atoms with Gasteiger partial charge in [-0.2, -0.15) is 0 Å². The van der Waals surface area contributed by atoms with E-state index in [1.54, 1.807) is 12.4 Å². The van der Waals surface area contributed by atoms with Crippen molar-refractivity contribution >= 4 is 5.91 Å². The molecule has 98 valence electrons. The second-order valence-electron chi connectivity index (χ2n) is 4.96. The summed E-state index contributed by atoms with van der Waals surface area (Å²) in [6.07, 6.45) is 9.66. The second kappa shape index (κ2) is 5.26. The Morgan fingerprint density at radius 1 is 1.26 bits per heavy atom. The molecule has 0 aromatic carbocycles. The quantitative estimate of drug-likeness (QED) is 0.820. The minimum atomic E-state index is 0.190. The van der Waals surface area contributed by atoms with Crippen molar-refractivity contribution in [2.45, 2.75) is 32.0 Å². The third-order valence-corrected chi connectivity index (χ3v) is 3.39. The van der Waals surface area contributed by atoms with Crippen LogP contribution in [0.4, 0.5) is 0 Å². The van der Waals surface area contributed by atoms with Crippen molar-refractivity contribution in [3.8, 4) is 0 Å². The van der Waals surface area contributed by atoms with Crippen LogP contribution in [0.1, 0.15) is 18.4 Å². The molecule has 4 heteroatoms. The van der Waals surface area contributed by atoms with Crippen LogP contribution < -0.4 is 0 Å². The molecule has 1 aliphatic carbocycles. The summed E-state index contributed by atoms with van der Waals surface area (Å²) in [4.78, 5) is 18.4. The lowest BCUT2D eigenvalue weighted by Crippen LogP contribution is -2.35. The number of aromatic nitrogens is 2. The van der Waals surface area contributed by atoms with Gasteiger partial charge in [-0.1, -0.05) is 0 Å². The Hall–Kier alpha value is -2.10. The molecule has 1 amide bonds. The fourth-order valence-electron chi connectivity index (χ4n) is 2.21. The summed E-state index contributed by atoms with van der Waals surface area (Å²) in [7, 11) is 0. The highest BCUT2D eigenvalue weighted by molar-refractivity contribution is 5.76. The summed E-state index contributed by atoms with van der Waals surface area (Å²) in [6.45, 7) is 1.11. The Morgan fingerprint density at radius 2 is 1.95 bits per heavy atom. The molecule has 1 saturated carbocycles. The molecule has 0 saturated heterocycles. The van der Waals surface area contributed by atoms with Gasteiger partial charge in [0.05, 0.1) is 0 Å². The molecule has 0 spiro atoms. The molecule has 4 nitrogen and oxygen atoms in total. The molecular weight excluding hydrogens is 238 g/mol. The zero-order chi connectivity index (χ0) is 13.1. The molecule has 0 aliphatic heterocycles. The molecule has 0 bridgehead atoms. The fraction of sp³-hybridized carbons (Fsp3) is 0.333. The normalized spacial score (nSPS) is 14.3. The van der Waals surface area contributed by atoms with Gasteiger partial charge in [-0.25, -0.2) is 0 Å². The Morgan fingerprint density at radius 3 is 2.58 bits per heavy atom. The van der Waals surface area contributed by atoms with Crippen molar-refractivity contribution in [1.82, 2.24) is 14.5 Å². The van der Waals surface area contributed by atoms with E-state index in [0.29, 0.717) is 19.1 Å². The number of pyridine rings is 1. The van der Waals surface area contributed by atoms with Crippen molar-refractivity contribution in [2.75, 3.05) is 0 Å². The summed E-state index contributed by atoms with van der Waals surface area (Å²) >= 11 is 0. The van der Waals surface area contributed by atoms with Crippen molar-refractivity contribution in [3.63, 3.8) is 0 Å². The molecule has 2 aromatic heterocycles. The lowest BCUT2D eigenvalue weighted by Gasteiger charge is -2.22. The van der Waals surface area contributed by atoms with Gasteiger partial charge in [0, 0.05) is 37.4 Å². The maximum absolute atomic E-state index is 12.4. The molecule has 0 atom stereocenters. The third kappa shape index (κ3) is 3.02. The van der Waals surface area contributed by atoms with Gasteiger partial charge in [0.25, 0.3) is 0 Å². The number of hydrogen-bond donors (Lipinski definition) is 0. The van der Waals surface area contributed by atoms with E-state index >= 15 is 0 Å². The molecular formula is C15H17N3O. The van der Waals surface area contributed by atoms with E-state index in [9.17, 15) is 4.79 Å². The first-order valence-electron chi connectivity index (χ1n) is 6.62. The fourth-order valence-corrected chi connectivity index (χ4v) is 2.21. The minimum Gasteiger partial charge on any atom is -0.345 e. The maximum Gasteiger partial charge on any atom is 0.243 e. The zero-order valence-corrected chi connectivity index (χ0v) is 10.8. The van der Waals surface area contributed by atoms with E-state index in [0.717, 1.165) is 18.4 Å². The average molecular weight is 255 g/mol. The van der Waals surface area contributed by atoms with Crippen LogP contribution in [0.2, 0.25) is 0 Å². The van der Waals surface area contributed by atoms with Gasteiger partial charge >= 0.3 is 0 Å². The highest BCUT2D eigenvalue weighted by atomic mass is 16.2. The smallest absolute Gasteiger partial charge is 0.243 e. The molecule has 0 N–H and O–H groups in total. The summed E-state index contributed by atoms with van der Waals surface area (Å²) in [5.41, 5.74) is 1.14. The van der Waals surface area contributed by atoms with Gasteiger partial charge < -0.3 is 9.47 Å². The van der Waals surface area contributed by atoms with Crippen LogP contribution >= 0.6 is 0 Å². The molecule has 0 radical (unpaired) electrons. The highest BCUT2D eigenvalue weighted by Gasteiger charge is 2.32. The lowest BCUT2D eigenvalue weighted by molar-refractivity contribution is -0.133. The van der Waals surface area contributed by atoms with E-state index in [4.69, 9.17) is 0 Å². The third-order valence-electron chi connectivity index (χ3n) is 3.39. The lowest BCUT2D eigenvalue weighted by atomic mass is 10.2. The van der Waals surface area contributed by atoms with E-state index < -0.39 is 0 Å². The number of rotatable bonds is 5. The number of amides is 1. The monoisotopic (exact) mass is 255 g/mol. The number of carbonyl (C=O) groups excluding carboxylic acids is 1.